The highest BCUT2D eigenvalue weighted by Crippen LogP contribution is 2.25. The average molecular weight is 513 g/mol. The fourth-order valence-corrected chi connectivity index (χ4v) is 3.88. The van der Waals surface area contributed by atoms with Crippen molar-refractivity contribution in [1.29, 1.82) is 0 Å². The van der Waals surface area contributed by atoms with Crippen LogP contribution in [0.25, 0.3) is 0 Å². The van der Waals surface area contributed by atoms with E-state index in [4.69, 9.17) is 4.74 Å². The number of anilines is 4. The van der Waals surface area contributed by atoms with Crippen LogP contribution in [0.4, 0.5) is 23.1 Å². The van der Waals surface area contributed by atoms with Crippen LogP contribution in [0.3, 0.4) is 0 Å². The molecule has 1 unspecified atom stereocenters. The Bertz CT molecular complexity index is 1020. The molecule has 0 spiro atoms. The number of hydrogen-bond acceptors (Lipinski definition) is 8. The Morgan fingerprint density at radius 2 is 1.82 bits per heavy atom. The maximum atomic E-state index is 10.1. The highest BCUT2D eigenvalue weighted by molar-refractivity contribution is 9.10. The number of β-amino-alcohol motifs (C(OH)–C–C–N with tert-alkyl or cyclic N) is 1. The number of nitrogens with zero attached hydrogens (tertiary/aromatic N) is 4. The zero-order valence-electron chi connectivity index (χ0n) is 18.6. The van der Waals surface area contributed by atoms with Crippen molar-refractivity contribution >= 4 is 39.1 Å². The maximum Gasteiger partial charge on any atom is 0.229 e. The molecule has 0 saturated carbocycles. The molecule has 0 radical (unpaired) electrons. The maximum absolute atomic E-state index is 10.1. The van der Waals surface area contributed by atoms with Crippen LogP contribution >= 0.6 is 15.9 Å². The van der Waals surface area contributed by atoms with Gasteiger partial charge in [0, 0.05) is 43.8 Å². The van der Waals surface area contributed by atoms with E-state index in [0.717, 1.165) is 47.7 Å². The monoisotopic (exact) mass is 512 g/mol. The van der Waals surface area contributed by atoms with Crippen LogP contribution in [0.5, 0.6) is 5.75 Å². The third kappa shape index (κ3) is 6.88. The van der Waals surface area contributed by atoms with Crippen molar-refractivity contribution in [2.75, 3.05) is 50.5 Å². The first-order valence-corrected chi connectivity index (χ1v) is 11.8. The van der Waals surface area contributed by atoms with Gasteiger partial charge in [0.2, 0.25) is 5.95 Å². The van der Waals surface area contributed by atoms with Crippen LogP contribution in [-0.2, 0) is 0 Å². The minimum Gasteiger partial charge on any atom is -0.494 e. The predicted octanol–water partition coefficient (Wildman–Crippen LogP) is 4.06. The molecule has 1 atom stereocenters. The fraction of sp³-hybridized carbons (Fsp3) is 0.333. The lowest BCUT2D eigenvalue weighted by Crippen LogP contribution is -2.52. The van der Waals surface area contributed by atoms with Gasteiger partial charge < -0.3 is 25.4 Å². The molecule has 1 fully saturated rings. The lowest BCUT2D eigenvalue weighted by molar-refractivity contribution is -0.0502. The number of para-hydroxylation sites is 1. The molecule has 0 aliphatic carbocycles. The molecule has 1 aromatic heterocycles. The molecule has 8 nitrogen and oxygen atoms in total. The van der Waals surface area contributed by atoms with Crippen LogP contribution in [0.15, 0.2) is 65.3 Å². The number of ether oxygens (including phenoxy) is 1. The summed E-state index contributed by atoms with van der Waals surface area (Å²) >= 11 is 3.49. The number of halogens is 1. The normalized spacial score (nSPS) is 17.0. The quantitative estimate of drug-likeness (QED) is 0.370. The van der Waals surface area contributed by atoms with Gasteiger partial charge in [0.05, 0.1) is 11.1 Å². The molecule has 0 bridgehead atoms. The lowest BCUT2D eigenvalue weighted by atomic mass is 10.3. The van der Waals surface area contributed by atoms with E-state index in [2.05, 4.69) is 46.3 Å². The second kappa shape index (κ2) is 11.4. The van der Waals surface area contributed by atoms with Gasteiger partial charge in [-0.1, -0.05) is 18.2 Å². The number of hydrogen-bond donors (Lipinski definition) is 3. The van der Waals surface area contributed by atoms with E-state index in [1.807, 2.05) is 61.6 Å². The number of likely N-dealkylation sites (N-methyl/N-ethyl adjacent to an activating group) is 1. The first-order chi connectivity index (χ1) is 16.1. The molecular formula is C24H29BrN6O2. The molecule has 3 aromatic rings. The summed E-state index contributed by atoms with van der Waals surface area (Å²) in [5, 5.41) is 16.6. The van der Waals surface area contributed by atoms with Gasteiger partial charge in [-0.3, -0.25) is 4.90 Å². The summed E-state index contributed by atoms with van der Waals surface area (Å²) in [5.41, 5.74) is 1.82. The largest absolute Gasteiger partial charge is 0.494 e. The van der Waals surface area contributed by atoms with Crippen molar-refractivity contribution in [3.63, 3.8) is 0 Å². The Balaban J connectivity index is 1.26. The topological polar surface area (TPSA) is 85.8 Å². The zero-order valence-corrected chi connectivity index (χ0v) is 20.2. The second-order valence-corrected chi connectivity index (χ2v) is 8.87. The molecule has 33 heavy (non-hydrogen) atoms. The third-order valence-electron chi connectivity index (χ3n) is 5.41. The zero-order chi connectivity index (χ0) is 23.0. The summed E-state index contributed by atoms with van der Waals surface area (Å²) in [6.07, 6.45) is 2.19. The van der Waals surface area contributed by atoms with Crippen molar-refractivity contribution in [2.24, 2.45) is 0 Å². The highest BCUT2D eigenvalue weighted by atomic mass is 79.9. The van der Waals surface area contributed by atoms with Gasteiger partial charge in [-0.15, -0.1) is 0 Å². The second-order valence-electron chi connectivity index (χ2n) is 8.01. The molecule has 1 aliphatic heterocycles. The Kier molecular flexibility index (Phi) is 8.11. The summed E-state index contributed by atoms with van der Waals surface area (Å²) in [4.78, 5) is 13.2. The molecular weight excluding hydrogens is 484 g/mol. The minimum atomic E-state index is -0.390. The molecule has 2 aromatic carbocycles. The Morgan fingerprint density at radius 3 is 2.58 bits per heavy atom. The van der Waals surface area contributed by atoms with Crippen molar-refractivity contribution < 1.29 is 9.84 Å². The van der Waals surface area contributed by atoms with Gasteiger partial charge >= 0.3 is 0 Å². The van der Waals surface area contributed by atoms with Crippen molar-refractivity contribution in [3.05, 3.63) is 65.3 Å². The SMILES string of the molecule is CN1CCN(CCCOc2ccc(Nc3ncc(Br)c(Nc4ccccc4)n3)cc2)C(O)C1. The van der Waals surface area contributed by atoms with Crippen molar-refractivity contribution in [2.45, 2.75) is 12.6 Å². The van der Waals surface area contributed by atoms with Crippen LogP contribution in [-0.4, -0.2) is 70.9 Å². The van der Waals surface area contributed by atoms with E-state index < -0.39 is 6.23 Å². The van der Waals surface area contributed by atoms with E-state index in [1.165, 1.54) is 0 Å². The number of benzene rings is 2. The van der Waals surface area contributed by atoms with E-state index >= 15 is 0 Å². The first-order valence-electron chi connectivity index (χ1n) is 11.0. The molecule has 174 valence electrons. The summed E-state index contributed by atoms with van der Waals surface area (Å²) in [6, 6.07) is 17.6. The standard InChI is InChI=1S/C24H29BrN6O2/c1-30-13-14-31(22(32)17-30)12-5-15-33-20-10-8-19(9-11-20)28-24-26-16-21(25)23(29-24)27-18-6-3-2-4-7-18/h2-4,6-11,16,22,32H,5,12-15,17H2,1H3,(H2,26,27,28,29). The molecule has 1 saturated heterocycles. The average Bonchev–Trinajstić information content (AvgIpc) is 2.82. The number of nitrogens with one attached hydrogen (secondary N) is 2. The summed E-state index contributed by atoms with van der Waals surface area (Å²) < 4.78 is 6.65. The number of rotatable bonds is 9. The third-order valence-corrected chi connectivity index (χ3v) is 6.00. The molecule has 9 heteroatoms. The van der Waals surface area contributed by atoms with Crippen LogP contribution in [0, 0.1) is 0 Å². The van der Waals surface area contributed by atoms with E-state index in [-0.39, 0.29) is 0 Å². The smallest absolute Gasteiger partial charge is 0.229 e. The first kappa shape index (κ1) is 23.4. The van der Waals surface area contributed by atoms with Gasteiger partial charge in [-0.05, 0) is 65.8 Å². The van der Waals surface area contributed by atoms with Gasteiger partial charge in [0.1, 0.15) is 17.8 Å². The predicted molar refractivity (Wildman–Crippen MR) is 134 cm³/mol. The van der Waals surface area contributed by atoms with Gasteiger partial charge in [0.25, 0.3) is 0 Å². The van der Waals surface area contributed by atoms with Crippen LogP contribution < -0.4 is 15.4 Å². The molecule has 3 N–H and O–H groups in total. The van der Waals surface area contributed by atoms with E-state index in [0.29, 0.717) is 24.9 Å². The Hall–Kier alpha value is -2.72. The molecule has 0 amide bonds. The Morgan fingerprint density at radius 1 is 1.06 bits per heavy atom. The van der Waals surface area contributed by atoms with Gasteiger partial charge in [0.15, 0.2) is 0 Å². The summed E-state index contributed by atoms with van der Waals surface area (Å²) in [7, 11) is 2.03. The molecule has 2 heterocycles. The van der Waals surface area contributed by atoms with Crippen LogP contribution in [0.2, 0.25) is 0 Å². The van der Waals surface area contributed by atoms with Crippen LogP contribution in [0.1, 0.15) is 6.42 Å². The van der Waals surface area contributed by atoms with Gasteiger partial charge in [-0.25, -0.2) is 4.98 Å². The number of aliphatic hydroxyl groups is 1. The number of aliphatic hydroxyl groups excluding tert-OH is 1. The summed E-state index contributed by atoms with van der Waals surface area (Å²) in [6.45, 7) is 4.00. The molecule has 1 aliphatic rings. The van der Waals surface area contributed by atoms with E-state index in [1.54, 1.807) is 6.20 Å². The fourth-order valence-electron chi connectivity index (χ4n) is 3.59. The van der Waals surface area contributed by atoms with Crippen molar-refractivity contribution in [3.8, 4) is 5.75 Å². The van der Waals surface area contributed by atoms with Gasteiger partial charge in [-0.2, -0.15) is 4.98 Å². The minimum absolute atomic E-state index is 0.390. The van der Waals surface area contributed by atoms with E-state index in [9.17, 15) is 5.11 Å². The Labute approximate surface area is 202 Å². The number of piperazine rings is 1. The highest BCUT2D eigenvalue weighted by Gasteiger charge is 2.22. The summed E-state index contributed by atoms with van der Waals surface area (Å²) in [5.74, 6) is 1.99. The number of aromatic nitrogens is 2. The van der Waals surface area contributed by atoms with Crippen molar-refractivity contribution in [1.82, 2.24) is 19.8 Å². The lowest BCUT2D eigenvalue weighted by Gasteiger charge is -2.36. The molecule has 4 rings (SSSR count).